The quantitative estimate of drug-likeness (QED) is 0.397. The summed E-state index contributed by atoms with van der Waals surface area (Å²) in [6.45, 7) is 4.11. The van der Waals surface area contributed by atoms with Crippen LogP contribution in [0.15, 0.2) is 71.9 Å². The highest BCUT2D eigenvalue weighted by molar-refractivity contribution is 7.98. The third kappa shape index (κ3) is 4.72. The van der Waals surface area contributed by atoms with Crippen molar-refractivity contribution in [3.05, 3.63) is 67.0 Å². The molecular formula is C27H30N6OS. The van der Waals surface area contributed by atoms with Crippen molar-refractivity contribution in [2.24, 2.45) is 0 Å². The molecule has 0 amide bonds. The van der Waals surface area contributed by atoms with Gasteiger partial charge in [-0.25, -0.2) is 9.67 Å². The van der Waals surface area contributed by atoms with Crippen LogP contribution in [-0.4, -0.2) is 66.3 Å². The number of ether oxygens (including phenoxy) is 1. The molecule has 0 spiro atoms. The summed E-state index contributed by atoms with van der Waals surface area (Å²) in [5.74, 6) is 1.27. The number of nitrogen functional groups attached to an aromatic ring is 1. The normalized spacial score (nSPS) is 14.3. The largest absolute Gasteiger partial charge is 0.496 e. The minimum absolute atomic E-state index is 0.460. The Morgan fingerprint density at radius 1 is 0.886 bits per heavy atom. The van der Waals surface area contributed by atoms with Crippen LogP contribution < -0.4 is 15.4 Å². The SMILES string of the molecule is COc1cc(N2CCN(C)CC2)ccc1-c1cnc(N)cc1-c1ccnn1-c1ccc(SC)cc1. The molecule has 180 valence electrons. The maximum Gasteiger partial charge on any atom is 0.128 e. The molecular weight excluding hydrogens is 456 g/mol. The Hall–Kier alpha value is -3.49. The summed E-state index contributed by atoms with van der Waals surface area (Å²) in [4.78, 5) is 10.4. The van der Waals surface area contributed by atoms with Crippen LogP contribution in [0.4, 0.5) is 11.5 Å². The number of hydrogen-bond donors (Lipinski definition) is 1. The summed E-state index contributed by atoms with van der Waals surface area (Å²) < 4.78 is 7.81. The number of pyridine rings is 1. The van der Waals surface area contributed by atoms with E-state index in [1.807, 2.05) is 29.2 Å². The highest BCUT2D eigenvalue weighted by Crippen LogP contribution is 2.40. The summed E-state index contributed by atoms with van der Waals surface area (Å²) in [6.07, 6.45) is 5.71. The zero-order valence-corrected chi connectivity index (χ0v) is 21.1. The predicted molar refractivity (Wildman–Crippen MR) is 145 cm³/mol. The molecule has 0 bridgehead atoms. The lowest BCUT2D eigenvalue weighted by atomic mass is 9.98. The standard InChI is InChI=1S/C27H30N6OS/c1-31-12-14-32(15-13-31)20-6-9-22(26(16-20)34-2)24-18-29-27(28)17-23(24)25-10-11-30-33(25)19-4-7-21(35-3)8-5-19/h4-11,16-18H,12-15H2,1-3H3,(H2,28,29). The van der Waals surface area contributed by atoms with Gasteiger partial charge < -0.3 is 20.3 Å². The van der Waals surface area contributed by atoms with Gasteiger partial charge >= 0.3 is 0 Å². The van der Waals surface area contributed by atoms with Gasteiger partial charge in [0.15, 0.2) is 0 Å². The van der Waals surface area contributed by atoms with Crippen molar-refractivity contribution in [1.29, 1.82) is 0 Å². The molecule has 2 aromatic carbocycles. The molecule has 35 heavy (non-hydrogen) atoms. The fraction of sp³-hybridized carbons (Fsp3) is 0.259. The van der Waals surface area contributed by atoms with Crippen LogP contribution in [-0.2, 0) is 0 Å². The van der Waals surface area contributed by atoms with Crippen molar-refractivity contribution in [1.82, 2.24) is 19.7 Å². The van der Waals surface area contributed by atoms with Crippen LogP contribution in [0.2, 0.25) is 0 Å². The van der Waals surface area contributed by atoms with Crippen LogP contribution >= 0.6 is 11.8 Å². The van der Waals surface area contributed by atoms with E-state index in [2.05, 4.69) is 75.7 Å². The fourth-order valence-electron chi connectivity index (χ4n) is 4.50. The lowest BCUT2D eigenvalue weighted by Gasteiger charge is -2.34. The lowest BCUT2D eigenvalue weighted by Crippen LogP contribution is -2.44. The molecule has 1 aliphatic rings. The molecule has 2 aromatic heterocycles. The monoisotopic (exact) mass is 486 g/mol. The summed E-state index contributed by atoms with van der Waals surface area (Å²) >= 11 is 1.72. The maximum absolute atomic E-state index is 6.16. The highest BCUT2D eigenvalue weighted by atomic mass is 32.2. The Labute approximate surface area is 210 Å². The van der Waals surface area contributed by atoms with Gasteiger partial charge in [0.05, 0.1) is 24.7 Å². The molecule has 0 radical (unpaired) electrons. The second kappa shape index (κ2) is 10.0. The molecule has 0 saturated carbocycles. The number of nitrogens with two attached hydrogens (primary N) is 1. The third-order valence-corrected chi connectivity index (χ3v) is 7.25. The summed E-state index contributed by atoms with van der Waals surface area (Å²) in [5, 5.41) is 4.61. The van der Waals surface area contributed by atoms with E-state index in [-0.39, 0.29) is 0 Å². The highest BCUT2D eigenvalue weighted by Gasteiger charge is 2.20. The smallest absolute Gasteiger partial charge is 0.128 e. The van der Waals surface area contributed by atoms with E-state index in [9.17, 15) is 0 Å². The van der Waals surface area contributed by atoms with E-state index >= 15 is 0 Å². The summed E-state index contributed by atoms with van der Waals surface area (Å²) in [5.41, 5.74) is 12.1. The Morgan fingerprint density at radius 2 is 1.63 bits per heavy atom. The number of likely N-dealkylation sites (N-methyl/N-ethyl adjacent to an activating group) is 1. The van der Waals surface area contributed by atoms with Crippen LogP contribution in [0, 0.1) is 0 Å². The Morgan fingerprint density at radius 3 is 2.34 bits per heavy atom. The van der Waals surface area contributed by atoms with Crippen LogP contribution in [0.3, 0.4) is 0 Å². The summed E-state index contributed by atoms with van der Waals surface area (Å²) in [6, 6.07) is 18.7. The number of piperazine rings is 1. The molecule has 0 unspecified atom stereocenters. The average Bonchev–Trinajstić information content (AvgIpc) is 3.39. The number of nitrogens with zero attached hydrogens (tertiary/aromatic N) is 5. The number of aromatic nitrogens is 3. The van der Waals surface area contributed by atoms with Crippen molar-refractivity contribution in [3.63, 3.8) is 0 Å². The number of methoxy groups -OCH3 is 1. The van der Waals surface area contributed by atoms with Gasteiger partial charge in [-0.15, -0.1) is 11.8 Å². The second-order valence-corrected chi connectivity index (χ2v) is 9.54. The third-order valence-electron chi connectivity index (χ3n) is 6.50. The first-order valence-electron chi connectivity index (χ1n) is 11.6. The Bertz CT molecular complexity index is 1310. The van der Waals surface area contributed by atoms with Gasteiger partial charge in [-0.05, 0) is 61.8 Å². The molecule has 8 heteroatoms. The van der Waals surface area contributed by atoms with Crippen molar-refractivity contribution in [2.75, 3.05) is 57.2 Å². The maximum atomic E-state index is 6.16. The van der Waals surface area contributed by atoms with Crippen molar-refractivity contribution < 1.29 is 4.74 Å². The average molecular weight is 487 g/mol. The molecule has 1 fully saturated rings. The zero-order chi connectivity index (χ0) is 24.4. The van der Waals surface area contributed by atoms with Crippen LogP contribution in [0.5, 0.6) is 5.75 Å². The van der Waals surface area contributed by atoms with E-state index in [1.165, 1.54) is 10.6 Å². The van der Waals surface area contributed by atoms with Gasteiger partial charge in [-0.1, -0.05) is 0 Å². The Balaban J connectivity index is 1.57. The predicted octanol–water partition coefficient (Wildman–Crippen LogP) is 4.67. The van der Waals surface area contributed by atoms with Gasteiger partial charge in [0.2, 0.25) is 0 Å². The van der Waals surface area contributed by atoms with Crippen molar-refractivity contribution >= 4 is 23.3 Å². The molecule has 5 rings (SSSR count). The minimum Gasteiger partial charge on any atom is -0.496 e. The molecule has 2 N–H and O–H groups in total. The molecule has 1 aliphatic heterocycles. The first-order valence-corrected chi connectivity index (χ1v) is 12.9. The molecule has 7 nitrogen and oxygen atoms in total. The number of benzene rings is 2. The first kappa shape index (κ1) is 23.3. The minimum atomic E-state index is 0.460. The van der Waals surface area contributed by atoms with Gasteiger partial charge in [0, 0.05) is 65.7 Å². The zero-order valence-electron chi connectivity index (χ0n) is 20.3. The molecule has 0 atom stereocenters. The second-order valence-electron chi connectivity index (χ2n) is 8.66. The molecule has 4 aromatic rings. The Kier molecular flexibility index (Phi) is 6.66. The van der Waals surface area contributed by atoms with E-state index in [4.69, 9.17) is 10.5 Å². The first-order chi connectivity index (χ1) is 17.1. The van der Waals surface area contributed by atoms with E-state index in [0.717, 1.165) is 60.0 Å². The number of thioether (sulfide) groups is 1. The van der Waals surface area contributed by atoms with E-state index in [1.54, 1.807) is 18.9 Å². The van der Waals surface area contributed by atoms with Gasteiger partial charge in [-0.3, -0.25) is 0 Å². The van der Waals surface area contributed by atoms with Gasteiger partial charge in [0.1, 0.15) is 11.6 Å². The number of hydrogen-bond acceptors (Lipinski definition) is 7. The van der Waals surface area contributed by atoms with Crippen molar-refractivity contribution in [2.45, 2.75) is 4.90 Å². The fourth-order valence-corrected chi connectivity index (χ4v) is 4.91. The molecule has 0 aliphatic carbocycles. The van der Waals surface area contributed by atoms with Crippen LogP contribution in [0.25, 0.3) is 28.1 Å². The van der Waals surface area contributed by atoms with E-state index in [0.29, 0.717) is 5.82 Å². The van der Waals surface area contributed by atoms with Crippen LogP contribution in [0.1, 0.15) is 0 Å². The molecule has 3 heterocycles. The number of rotatable bonds is 6. The van der Waals surface area contributed by atoms with E-state index < -0.39 is 0 Å². The summed E-state index contributed by atoms with van der Waals surface area (Å²) in [7, 11) is 3.88. The van der Waals surface area contributed by atoms with Gasteiger partial charge in [0.25, 0.3) is 0 Å². The topological polar surface area (TPSA) is 72.4 Å². The molecule has 1 saturated heterocycles. The van der Waals surface area contributed by atoms with Gasteiger partial charge in [-0.2, -0.15) is 5.10 Å². The number of anilines is 2. The van der Waals surface area contributed by atoms with Crippen molar-refractivity contribution in [3.8, 4) is 33.8 Å². The lowest BCUT2D eigenvalue weighted by molar-refractivity contribution is 0.312.